The molecular formula is C14H22N2O2. The van der Waals surface area contributed by atoms with Gasteiger partial charge < -0.3 is 20.1 Å². The number of phenols is 1. The normalized spacial score (nSPS) is 17.8. The van der Waals surface area contributed by atoms with Crippen LogP contribution in [0, 0.1) is 0 Å². The first-order chi connectivity index (χ1) is 8.66. The summed E-state index contributed by atoms with van der Waals surface area (Å²) in [6.07, 6.45) is 2.37. The Kier molecular flexibility index (Phi) is 4.44. The van der Waals surface area contributed by atoms with Crippen molar-refractivity contribution in [2.45, 2.75) is 18.9 Å². The van der Waals surface area contributed by atoms with Crippen LogP contribution >= 0.6 is 0 Å². The standard InChI is InChI=1S/C14H22N2O2/c1-16(2)8-4-3-7-15-13-10-18-14-9-11(17)5-6-12(13)14/h5-6,9,13,15,17H,3-4,7-8,10H2,1-2H3. The Balaban J connectivity index is 1.76. The molecule has 4 nitrogen and oxygen atoms in total. The van der Waals surface area contributed by atoms with E-state index in [9.17, 15) is 5.11 Å². The molecule has 2 N–H and O–H groups in total. The molecule has 0 radical (unpaired) electrons. The van der Waals surface area contributed by atoms with Crippen molar-refractivity contribution >= 4 is 0 Å². The van der Waals surface area contributed by atoms with Crippen LogP contribution in [-0.2, 0) is 0 Å². The van der Waals surface area contributed by atoms with Gasteiger partial charge in [0.1, 0.15) is 18.1 Å². The van der Waals surface area contributed by atoms with Crippen LogP contribution in [0.25, 0.3) is 0 Å². The van der Waals surface area contributed by atoms with Crippen molar-refractivity contribution in [1.82, 2.24) is 10.2 Å². The van der Waals surface area contributed by atoms with E-state index >= 15 is 0 Å². The number of benzene rings is 1. The van der Waals surface area contributed by atoms with E-state index in [2.05, 4.69) is 24.3 Å². The number of nitrogens with one attached hydrogen (secondary N) is 1. The first kappa shape index (κ1) is 13.2. The molecule has 1 heterocycles. The van der Waals surface area contributed by atoms with Gasteiger partial charge in [0.05, 0.1) is 6.04 Å². The molecule has 0 fully saturated rings. The topological polar surface area (TPSA) is 44.7 Å². The third-order valence-corrected chi connectivity index (χ3v) is 3.20. The van der Waals surface area contributed by atoms with Crippen molar-refractivity contribution in [2.24, 2.45) is 0 Å². The number of nitrogens with zero attached hydrogens (tertiary/aromatic N) is 1. The third-order valence-electron chi connectivity index (χ3n) is 3.20. The number of ether oxygens (including phenoxy) is 1. The maximum absolute atomic E-state index is 9.38. The van der Waals surface area contributed by atoms with Crippen LogP contribution in [0.4, 0.5) is 0 Å². The summed E-state index contributed by atoms with van der Waals surface area (Å²) < 4.78 is 5.56. The van der Waals surface area contributed by atoms with Crippen LogP contribution in [0.1, 0.15) is 24.4 Å². The fourth-order valence-corrected chi connectivity index (χ4v) is 2.20. The van der Waals surface area contributed by atoms with E-state index in [0.29, 0.717) is 6.61 Å². The molecule has 1 aliphatic rings. The highest BCUT2D eigenvalue weighted by atomic mass is 16.5. The van der Waals surface area contributed by atoms with Gasteiger partial charge in [0.25, 0.3) is 0 Å². The van der Waals surface area contributed by atoms with E-state index in [1.807, 2.05) is 6.07 Å². The molecule has 0 aliphatic carbocycles. The minimum atomic E-state index is 0.264. The zero-order valence-corrected chi connectivity index (χ0v) is 11.1. The molecule has 0 saturated heterocycles. The van der Waals surface area contributed by atoms with Crippen LogP contribution in [-0.4, -0.2) is 43.8 Å². The van der Waals surface area contributed by atoms with E-state index in [4.69, 9.17) is 4.74 Å². The average Bonchev–Trinajstić information content (AvgIpc) is 2.70. The van der Waals surface area contributed by atoms with Gasteiger partial charge in [0.15, 0.2) is 0 Å². The monoisotopic (exact) mass is 250 g/mol. The van der Waals surface area contributed by atoms with Crippen molar-refractivity contribution in [1.29, 1.82) is 0 Å². The Morgan fingerprint density at radius 1 is 1.39 bits per heavy atom. The maximum atomic E-state index is 9.38. The zero-order valence-electron chi connectivity index (χ0n) is 11.1. The smallest absolute Gasteiger partial charge is 0.127 e. The lowest BCUT2D eigenvalue weighted by molar-refractivity contribution is 0.308. The highest BCUT2D eigenvalue weighted by Crippen LogP contribution is 2.34. The highest BCUT2D eigenvalue weighted by molar-refractivity contribution is 5.44. The molecule has 1 aliphatic heterocycles. The minimum Gasteiger partial charge on any atom is -0.508 e. The van der Waals surface area contributed by atoms with E-state index in [1.165, 1.54) is 12.8 Å². The number of hydrogen-bond acceptors (Lipinski definition) is 4. The lowest BCUT2D eigenvalue weighted by Crippen LogP contribution is -2.24. The van der Waals surface area contributed by atoms with E-state index in [0.717, 1.165) is 24.4 Å². The molecule has 0 aromatic heterocycles. The quantitative estimate of drug-likeness (QED) is 0.755. The van der Waals surface area contributed by atoms with Crippen molar-refractivity contribution in [3.63, 3.8) is 0 Å². The van der Waals surface area contributed by atoms with Gasteiger partial charge in [0, 0.05) is 11.6 Å². The molecular weight excluding hydrogens is 228 g/mol. The van der Waals surface area contributed by atoms with Crippen LogP contribution in [0.5, 0.6) is 11.5 Å². The molecule has 4 heteroatoms. The van der Waals surface area contributed by atoms with Gasteiger partial charge in [-0.15, -0.1) is 0 Å². The predicted octanol–water partition coefficient (Wildman–Crippen LogP) is 1.76. The van der Waals surface area contributed by atoms with Gasteiger partial charge in [-0.05, 0) is 52.2 Å². The zero-order chi connectivity index (χ0) is 13.0. The first-order valence-electron chi connectivity index (χ1n) is 6.50. The van der Waals surface area contributed by atoms with E-state index in [-0.39, 0.29) is 11.8 Å². The predicted molar refractivity (Wildman–Crippen MR) is 72.1 cm³/mol. The lowest BCUT2D eigenvalue weighted by Gasteiger charge is -2.13. The van der Waals surface area contributed by atoms with Crippen LogP contribution in [0.2, 0.25) is 0 Å². The number of rotatable bonds is 6. The van der Waals surface area contributed by atoms with Crippen LogP contribution in [0.15, 0.2) is 18.2 Å². The highest BCUT2D eigenvalue weighted by Gasteiger charge is 2.23. The van der Waals surface area contributed by atoms with Crippen LogP contribution in [0.3, 0.4) is 0 Å². The van der Waals surface area contributed by atoms with Gasteiger partial charge in [-0.1, -0.05) is 0 Å². The van der Waals surface area contributed by atoms with E-state index in [1.54, 1.807) is 12.1 Å². The van der Waals surface area contributed by atoms with Gasteiger partial charge in [-0.2, -0.15) is 0 Å². The Morgan fingerprint density at radius 3 is 3.00 bits per heavy atom. The SMILES string of the molecule is CN(C)CCCCNC1COc2cc(O)ccc21. The molecule has 0 saturated carbocycles. The van der Waals surface area contributed by atoms with Gasteiger partial charge in [-0.3, -0.25) is 0 Å². The van der Waals surface area contributed by atoms with E-state index < -0.39 is 0 Å². The largest absolute Gasteiger partial charge is 0.508 e. The second-order valence-electron chi connectivity index (χ2n) is 5.05. The van der Waals surface area contributed by atoms with Crippen LogP contribution < -0.4 is 10.1 Å². The number of aromatic hydroxyl groups is 1. The van der Waals surface area contributed by atoms with Gasteiger partial charge in [0.2, 0.25) is 0 Å². The lowest BCUT2D eigenvalue weighted by atomic mass is 10.1. The van der Waals surface area contributed by atoms with Crippen molar-refractivity contribution in [3.8, 4) is 11.5 Å². The Morgan fingerprint density at radius 2 is 2.22 bits per heavy atom. The molecule has 1 unspecified atom stereocenters. The van der Waals surface area contributed by atoms with Gasteiger partial charge in [-0.25, -0.2) is 0 Å². The number of phenolic OH excluding ortho intramolecular Hbond substituents is 1. The molecule has 0 amide bonds. The molecule has 1 aromatic carbocycles. The van der Waals surface area contributed by atoms with Crippen molar-refractivity contribution < 1.29 is 9.84 Å². The Bertz CT molecular complexity index is 393. The molecule has 0 spiro atoms. The summed E-state index contributed by atoms with van der Waals surface area (Å²) in [4.78, 5) is 2.21. The summed E-state index contributed by atoms with van der Waals surface area (Å²) in [7, 11) is 4.20. The summed E-state index contributed by atoms with van der Waals surface area (Å²) in [5, 5.41) is 12.9. The minimum absolute atomic E-state index is 0.264. The van der Waals surface area contributed by atoms with Crippen molar-refractivity contribution in [3.05, 3.63) is 23.8 Å². The molecule has 18 heavy (non-hydrogen) atoms. The molecule has 2 rings (SSSR count). The molecule has 1 aromatic rings. The summed E-state index contributed by atoms with van der Waals surface area (Å²) in [6, 6.07) is 5.60. The Labute approximate surface area is 109 Å². The fourth-order valence-electron chi connectivity index (χ4n) is 2.20. The average molecular weight is 250 g/mol. The summed E-state index contributed by atoms with van der Waals surface area (Å²) in [5.41, 5.74) is 1.15. The first-order valence-corrected chi connectivity index (χ1v) is 6.50. The summed E-state index contributed by atoms with van der Waals surface area (Å²) in [5.74, 6) is 1.07. The maximum Gasteiger partial charge on any atom is 0.127 e. The third kappa shape index (κ3) is 3.37. The second-order valence-corrected chi connectivity index (χ2v) is 5.05. The number of hydrogen-bond donors (Lipinski definition) is 2. The molecule has 100 valence electrons. The number of fused-ring (bicyclic) bond motifs is 1. The molecule has 1 atom stereocenters. The number of unbranched alkanes of at least 4 members (excludes halogenated alkanes) is 1. The fraction of sp³-hybridized carbons (Fsp3) is 0.571. The summed E-state index contributed by atoms with van der Waals surface area (Å²) >= 11 is 0. The second kappa shape index (κ2) is 6.07. The summed E-state index contributed by atoms with van der Waals surface area (Å²) in [6.45, 7) is 2.79. The molecule has 0 bridgehead atoms. The Hall–Kier alpha value is -1.26. The van der Waals surface area contributed by atoms with Gasteiger partial charge >= 0.3 is 0 Å². The van der Waals surface area contributed by atoms with Crippen molar-refractivity contribution in [2.75, 3.05) is 33.8 Å².